The summed E-state index contributed by atoms with van der Waals surface area (Å²) in [6.07, 6.45) is 0.157. The molecule has 0 fully saturated rings. The van der Waals surface area contributed by atoms with Gasteiger partial charge in [0.05, 0.1) is 18.6 Å². The van der Waals surface area contributed by atoms with Gasteiger partial charge < -0.3 is 14.7 Å². The van der Waals surface area contributed by atoms with Crippen LogP contribution in [0.3, 0.4) is 0 Å². The summed E-state index contributed by atoms with van der Waals surface area (Å²) in [5.41, 5.74) is 2.22. The van der Waals surface area contributed by atoms with Gasteiger partial charge in [0.2, 0.25) is 0 Å². The minimum atomic E-state index is -0.783. The maximum Gasteiger partial charge on any atom is 0.305 e. The van der Waals surface area contributed by atoms with E-state index in [1.165, 1.54) is 5.56 Å². The van der Waals surface area contributed by atoms with Gasteiger partial charge in [-0.05, 0) is 32.9 Å². The SMILES string of the molecule is COC(C)C(C)N(CCC(=O)O)c1ccc(C)cc1. The molecule has 0 saturated carbocycles. The van der Waals surface area contributed by atoms with Crippen LogP contribution in [0, 0.1) is 6.92 Å². The summed E-state index contributed by atoms with van der Waals surface area (Å²) in [4.78, 5) is 12.9. The Morgan fingerprint density at radius 1 is 1.32 bits per heavy atom. The lowest BCUT2D eigenvalue weighted by molar-refractivity contribution is -0.136. The van der Waals surface area contributed by atoms with Crippen molar-refractivity contribution in [3.8, 4) is 0 Å². The molecule has 0 heterocycles. The van der Waals surface area contributed by atoms with Crippen molar-refractivity contribution in [1.29, 1.82) is 0 Å². The number of aryl methyl sites for hydroxylation is 1. The molecule has 0 spiro atoms. The number of nitrogens with zero attached hydrogens (tertiary/aromatic N) is 1. The number of benzene rings is 1. The molecule has 1 rings (SSSR count). The molecule has 0 bridgehead atoms. The van der Waals surface area contributed by atoms with Gasteiger partial charge in [-0.2, -0.15) is 0 Å². The van der Waals surface area contributed by atoms with E-state index < -0.39 is 5.97 Å². The Hall–Kier alpha value is -1.55. The Balaban J connectivity index is 2.90. The van der Waals surface area contributed by atoms with Crippen molar-refractivity contribution in [2.45, 2.75) is 39.3 Å². The van der Waals surface area contributed by atoms with Crippen LogP contribution in [0.5, 0.6) is 0 Å². The number of carboxylic acid groups (broad SMARTS) is 1. The fraction of sp³-hybridized carbons (Fsp3) is 0.533. The molecule has 1 aromatic carbocycles. The largest absolute Gasteiger partial charge is 0.481 e. The molecule has 0 aromatic heterocycles. The van der Waals surface area contributed by atoms with Crippen LogP contribution in [0.4, 0.5) is 5.69 Å². The maximum absolute atomic E-state index is 10.8. The van der Waals surface area contributed by atoms with Crippen molar-refractivity contribution in [2.75, 3.05) is 18.6 Å². The zero-order valence-electron chi connectivity index (χ0n) is 12.1. The van der Waals surface area contributed by atoms with Crippen molar-refractivity contribution in [1.82, 2.24) is 0 Å². The molecule has 1 N–H and O–H groups in total. The Kier molecular flexibility index (Phi) is 5.83. The highest BCUT2D eigenvalue weighted by atomic mass is 16.5. The van der Waals surface area contributed by atoms with E-state index in [1.807, 2.05) is 38.1 Å². The Bertz CT molecular complexity index is 402. The smallest absolute Gasteiger partial charge is 0.305 e. The molecule has 2 atom stereocenters. The number of carbonyl (C=O) groups is 1. The number of ether oxygens (including phenoxy) is 1. The molecule has 106 valence electrons. The molecule has 0 aliphatic heterocycles. The van der Waals surface area contributed by atoms with Gasteiger partial charge in [-0.25, -0.2) is 0 Å². The van der Waals surface area contributed by atoms with E-state index in [4.69, 9.17) is 9.84 Å². The van der Waals surface area contributed by atoms with E-state index in [2.05, 4.69) is 11.8 Å². The maximum atomic E-state index is 10.8. The van der Waals surface area contributed by atoms with E-state index in [9.17, 15) is 4.79 Å². The van der Waals surface area contributed by atoms with Gasteiger partial charge in [0.1, 0.15) is 0 Å². The van der Waals surface area contributed by atoms with Gasteiger partial charge in [-0.15, -0.1) is 0 Å². The molecule has 0 saturated heterocycles. The van der Waals surface area contributed by atoms with Crippen LogP contribution in [0.2, 0.25) is 0 Å². The molecule has 4 nitrogen and oxygen atoms in total. The van der Waals surface area contributed by atoms with Gasteiger partial charge in [-0.3, -0.25) is 4.79 Å². The zero-order chi connectivity index (χ0) is 14.4. The number of carboxylic acids is 1. The normalized spacial score (nSPS) is 13.9. The van der Waals surface area contributed by atoms with Gasteiger partial charge in [-0.1, -0.05) is 17.7 Å². The topological polar surface area (TPSA) is 49.8 Å². The van der Waals surface area contributed by atoms with Crippen LogP contribution in [0.1, 0.15) is 25.8 Å². The van der Waals surface area contributed by atoms with Gasteiger partial charge >= 0.3 is 5.97 Å². The monoisotopic (exact) mass is 265 g/mol. The lowest BCUT2D eigenvalue weighted by Crippen LogP contribution is -2.42. The van der Waals surface area contributed by atoms with Crippen molar-refractivity contribution in [2.24, 2.45) is 0 Å². The first-order valence-electron chi connectivity index (χ1n) is 6.53. The second-order valence-corrected chi connectivity index (χ2v) is 4.85. The summed E-state index contributed by atoms with van der Waals surface area (Å²) in [7, 11) is 1.67. The third-order valence-corrected chi connectivity index (χ3v) is 3.47. The first kappa shape index (κ1) is 15.5. The summed E-state index contributed by atoms with van der Waals surface area (Å²) in [5.74, 6) is -0.783. The molecular formula is C15H23NO3. The quantitative estimate of drug-likeness (QED) is 0.823. The first-order chi connectivity index (χ1) is 8.95. The highest BCUT2D eigenvalue weighted by molar-refractivity contribution is 5.67. The summed E-state index contributed by atoms with van der Waals surface area (Å²) in [5, 5.41) is 8.87. The number of anilines is 1. The molecular weight excluding hydrogens is 242 g/mol. The lowest BCUT2D eigenvalue weighted by Gasteiger charge is -2.34. The van der Waals surface area contributed by atoms with Crippen LogP contribution in [-0.4, -0.2) is 36.9 Å². The number of hydrogen-bond acceptors (Lipinski definition) is 3. The molecule has 0 aliphatic carbocycles. The third kappa shape index (κ3) is 4.56. The minimum absolute atomic E-state index is 0.0371. The van der Waals surface area contributed by atoms with Crippen molar-refractivity contribution in [3.63, 3.8) is 0 Å². The predicted molar refractivity (Wildman–Crippen MR) is 76.7 cm³/mol. The standard InChI is InChI=1S/C15H23NO3/c1-11-5-7-14(8-6-11)16(10-9-15(17)18)12(2)13(3)19-4/h5-8,12-13H,9-10H2,1-4H3,(H,17,18). The highest BCUT2D eigenvalue weighted by Gasteiger charge is 2.21. The van der Waals surface area contributed by atoms with Crippen LogP contribution in [0.15, 0.2) is 24.3 Å². The van der Waals surface area contributed by atoms with E-state index in [0.29, 0.717) is 6.54 Å². The van der Waals surface area contributed by atoms with Crippen LogP contribution in [-0.2, 0) is 9.53 Å². The van der Waals surface area contributed by atoms with E-state index in [0.717, 1.165) is 5.69 Å². The summed E-state index contributed by atoms with van der Waals surface area (Å²) >= 11 is 0. The Labute approximate surface area is 115 Å². The molecule has 4 heteroatoms. The van der Waals surface area contributed by atoms with Crippen LogP contribution < -0.4 is 4.90 Å². The fourth-order valence-corrected chi connectivity index (χ4v) is 1.97. The Morgan fingerprint density at radius 3 is 2.37 bits per heavy atom. The second kappa shape index (κ2) is 7.14. The molecule has 1 aromatic rings. The summed E-state index contributed by atoms with van der Waals surface area (Å²) in [6, 6.07) is 8.24. The number of hydrogen-bond donors (Lipinski definition) is 1. The lowest BCUT2D eigenvalue weighted by atomic mass is 10.1. The van der Waals surface area contributed by atoms with Crippen molar-refractivity contribution < 1.29 is 14.6 Å². The van der Waals surface area contributed by atoms with Gasteiger partial charge in [0.25, 0.3) is 0 Å². The van der Waals surface area contributed by atoms with E-state index >= 15 is 0 Å². The number of methoxy groups -OCH3 is 1. The van der Waals surface area contributed by atoms with Crippen LogP contribution >= 0.6 is 0 Å². The number of aliphatic carboxylic acids is 1. The first-order valence-corrected chi connectivity index (χ1v) is 6.53. The fourth-order valence-electron chi connectivity index (χ4n) is 1.97. The summed E-state index contributed by atoms with van der Waals surface area (Å²) in [6.45, 7) is 6.56. The zero-order valence-corrected chi connectivity index (χ0v) is 12.1. The minimum Gasteiger partial charge on any atom is -0.481 e. The Morgan fingerprint density at radius 2 is 1.89 bits per heavy atom. The average molecular weight is 265 g/mol. The summed E-state index contributed by atoms with van der Waals surface area (Å²) < 4.78 is 5.36. The van der Waals surface area contributed by atoms with E-state index in [1.54, 1.807) is 7.11 Å². The van der Waals surface area contributed by atoms with Crippen molar-refractivity contribution in [3.05, 3.63) is 29.8 Å². The molecule has 0 aliphatic rings. The van der Waals surface area contributed by atoms with Gasteiger partial charge in [0.15, 0.2) is 0 Å². The average Bonchev–Trinajstić information content (AvgIpc) is 2.39. The highest BCUT2D eigenvalue weighted by Crippen LogP contribution is 2.20. The van der Waals surface area contributed by atoms with Crippen molar-refractivity contribution >= 4 is 11.7 Å². The molecule has 0 amide bonds. The van der Waals surface area contributed by atoms with E-state index in [-0.39, 0.29) is 18.6 Å². The molecule has 0 radical (unpaired) electrons. The van der Waals surface area contributed by atoms with Gasteiger partial charge in [0, 0.05) is 19.3 Å². The van der Waals surface area contributed by atoms with Crippen LogP contribution in [0.25, 0.3) is 0 Å². The third-order valence-electron chi connectivity index (χ3n) is 3.47. The number of rotatable bonds is 7. The molecule has 2 unspecified atom stereocenters. The molecule has 19 heavy (non-hydrogen) atoms. The predicted octanol–water partition coefficient (Wildman–Crippen LogP) is 2.70. The second-order valence-electron chi connectivity index (χ2n) is 4.85.